The van der Waals surface area contributed by atoms with Gasteiger partial charge in [-0.05, 0) is 24.6 Å². The number of para-hydroxylation sites is 2. The third-order valence-electron chi connectivity index (χ3n) is 3.30. The van der Waals surface area contributed by atoms with E-state index in [0.717, 1.165) is 11.1 Å². The summed E-state index contributed by atoms with van der Waals surface area (Å²) >= 11 is 0. The number of nitrogens with zero attached hydrogens (tertiary/aromatic N) is 2. The van der Waals surface area contributed by atoms with Gasteiger partial charge in [0.25, 0.3) is 0 Å². The highest BCUT2D eigenvalue weighted by molar-refractivity contribution is 7.85. The number of fused-ring (bicyclic) bond motifs is 1. The standard InChI is InChI=1S/C15H14N2O3S/c1-11-6-8-12(9-7-11)10-17-14-5-3-2-4-13(14)16-15(17)21(18,19)20/h2-9H,10H2,1H3,(H,18,19,20)/p-1. The Kier molecular flexibility index (Phi) is 3.27. The number of hydrogen-bond donors (Lipinski definition) is 0. The van der Waals surface area contributed by atoms with Crippen molar-refractivity contribution >= 4 is 21.2 Å². The maximum Gasteiger partial charge on any atom is 0.216 e. The normalized spacial score (nSPS) is 11.9. The zero-order valence-electron chi connectivity index (χ0n) is 11.4. The number of aromatic nitrogens is 2. The van der Waals surface area contributed by atoms with Crippen molar-refractivity contribution in [3.05, 3.63) is 59.7 Å². The molecule has 108 valence electrons. The molecule has 0 N–H and O–H groups in total. The van der Waals surface area contributed by atoms with E-state index in [9.17, 15) is 13.0 Å². The number of imidazole rings is 1. The second-order valence-corrected chi connectivity index (χ2v) is 6.18. The predicted octanol–water partition coefficient (Wildman–Crippen LogP) is 2.30. The van der Waals surface area contributed by atoms with E-state index in [2.05, 4.69) is 4.98 Å². The fourth-order valence-corrected chi connectivity index (χ4v) is 2.92. The van der Waals surface area contributed by atoms with Crippen LogP contribution >= 0.6 is 0 Å². The highest BCUT2D eigenvalue weighted by atomic mass is 32.2. The number of benzene rings is 2. The Morgan fingerprint density at radius 2 is 1.76 bits per heavy atom. The van der Waals surface area contributed by atoms with E-state index in [1.807, 2.05) is 31.2 Å². The van der Waals surface area contributed by atoms with Crippen molar-refractivity contribution in [3.8, 4) is 0 Å². The molecule has 0 radical (unpaired) electrons. The van der Waals surface area contributed by atoms with Crippen LogP contribution in [0.4, 0.5) is 0 Å². The second-order valence-electron chi connectivity index (χ2n) is 4.91. The average molecular weight is 301 g/mol. The molecule has 1 aromatic heterocycles. The molecule has 6 heteroatoms. The third-order valence-corrected chi connectivity index (χ3v) is 4.06. The minimum Gasteiger partial charge on any atom is -0.742 e. The van der Waals surface area contributed by atoms with Crippen LogP contribution in [0, 0.1) is 6.92 Å². The van der Waals surface area contributed by atoms with Crippen LogP contribution in [-0.4, -0.2) is 22.5 Å². The summed E-state index contributed by atoms with van der Waals surface area (Å²) in [5.41, 5.74) is 3.16. The molecule has 0 saturated carbocycles. The second kappa shape index (κ2) is 4.98. The number of hydrogen-bond acceptors (Lipinski definition) is 4. The molecule has 2 aromatic carbocycles. The van der Waals surface area contributed by atoms with E-state index in [1.54, 1.807) is 24.3 Å². The van der Waals surface area contributed by atoms with Gasteiger partial charge < -0.3 is 9.12 Å². The molecule has 0 saturated heterocycles. The highest BCUT2D eigenvalue weighted by Gasteiger charge is 2.15. The van der Waals surface area contributed by atoms with Crippen LogP contribution in [0.5, 0.6) is 0 Å². The van der Waals surface area contributed by atoms with E-state index >= 15 is 0 Å². The Morgan fingerprint density at radius 3 is 2.43 bits per heavy atom. The Labute approximate surface area is 122 Å². The average Bonchev–Trinajstić information content (AvgIpc) is 2.81. The maximum absolute atomic E-state index is 11.4. The van der Waals surface area contributed by atoms with Crippen molar-refractivity contribution in [2.45, 2.75) is 18.6 Å². The topological polar surface area (TPSA) is 75.0 Å². The molecule has 0 aliphatic heterocycles. The summed E-state index contributed by atoms with van der Waals surface area (Å²) in [4.78, 5) is 3.96. The predicted molar refractivity (Wildman–Crippen MR) is 78.0 cm³/mol. The third kappa shape index (κ3) is 2.68. The van der Waals surface area contributed by atoms with Crippen LogP contribution in [0.2, 0.25) is 0 Å². The zero-order valence-corrected chi connectivity index (χ0v) is 12.2. The largest absolute Gasteiger partial charge is 0.742 e. The van der Waals surface area contributed by atoms with Gasteiger partial charge in [-0.25, -0.2) is 13.4 Å². The van der Waals surface area contributed by atoms with Gasteiger partial charge in [0.1, 0.15) is 0 Å². The molecule has 21 heavy (non-hydrogen) atoms. The van der Waals surface area contributed by atoms with Gasteiger partial charge in [0.15, 0.2) is 10.1 Å². The number of rotatable bonds is 3. The van der Waals surface area contributed by atoms with Crippen LogP contribution in [0.3, 0.4) is 0 Å². The fraction of sp³-hybridized carbons (Fsp3) is 0.133. The monoisotopic (exact) mass is 301 g/mol. The molecule has 0 unspecified atom stereocenters. The Morgan fingerprint density at radius 1 is 1.10 bits per heavy atom. The lowest BCUT2D eigenvalue weighted by Crippen LogP contribution is -2.11. The zero-order chi connectivity index (χ0) is 15.0. The van der Waals surface area contributed by atoms with Gasteiger partial charge in [-0.2, -0.15) is 0 Å². The van der Waals surface area contributed by atoms with E-state index < -0.39 is 15.3 Å². The van der Waals surface area contributed by atoms with E-state index in [4.69, 9.17) is 0 Å². The molecule has 0 fully saturated rings. The van der Waals surface area contributed by atoms with E-state index in [0.29, 0.717) is 11.0 Å². The summed E-state index contributed by atoms with van der Waals surface area (Å²) < 4.78 is 35.7. The summed E-state index contributed by atoms with van der Waals surface area (Å²) in [7, 11) is -4.62. The minimum absolute atomic E-state index is 0.289. The summed E-state index contributed by atoms with van der Waals surface area (Å²) in [5.74, 6) is 0. The first kappa shape index (κ1) is 13.8. The quantitative estimate of drug-likeness (QED) is 0.696. The lowest BCUT2D eigenvalue weighted by atomic mass is 10.1. The van der Waals surface area contributed by atoms with Crippen LogP contribution in [0.15, 0.2) is 53.7 Å². The van der Waals surface area contributed by atoms with E-state index in [-0.39, 0.29) is 6.54 Å². The lowest BCUT2D eigenvalue weighted by molar-refractivity contribution is 0.448. The summed E-state index contributed by atoms with van der Waals surface area (Å²) in [6, 6.07) is 14.7. The molecule has 0 aliphatic rings. The summed E-state index contributed by atoms with van der Waals surface area (Å²) in [6.45, 7) is 2.27. The number of aryl methyl sites for hydroxylation is 1. The van der Waals surface area contributed by atoms with Crippen molar-refractivity contribution in [1.82, 2.24) is 9.55 Å². The van der Waals surface area contributed by atoms with Crippen molar-refractivity contribution in [2.24, 2.45) is 0 Å². The smallest absolute Gasteiger partial charge is 0.216 e. The Bertz CT molecular complexity index is 896. The van der Waals surface area contributed by atoms with Crippen LogP contribution < -0.4 is 0 Å². The Balaban J connectivity index is 2.17. The maximum atomic E-state index is 11.4. The molecule has 0 bridgehead atoms. The molecule has 0 aliphatic carbocycles. The van der Waals surface area contributed by atoms with Crippen molar-refractivity contribution in [3.63, 3.8) is 0 Å². The molecule has 0 atom stereocenters. The van der Waals surface area contributed by atoms with Crippen molar-refractivity contribution < 1.29 is 13.0 Å². The molecule has 0 amide bonds. The first-order valence-corrected chi connectivity index (χ1v) is 7.83. The van der Waals surface area contributed by atoms with Gasteiger partial charge in [-0.1, -0.05) is 42.0 Å². The molecular weight excluding hydrogens is 288 g/mol. The molecule has 1 heterocycles. The molecule has 0 spiro atoms. The summed E-state index contributed by atoms with van der Waals surface area (Å²) in [5, 5.41) is -0.440. The van der Waals surface area contributed by atoms with E-state index in [1.165, 1.54) is 4.57 Å². The molecule has 3 rings (SSSR count). The Hall–Kier alpha value is -2.18. The van der Waals surface area contributed by atoms with Gasteiger partial charge in [0.2, 0.25) is 5.16 Å². The molecular formula is C15H13N2O3S-. The lowest BCUT2D eigenvalue weighted by Gasteiger charge is -2.11. The van der Waals surface area contributed by atoms with Gasteiger partial charge in [0, 0.05) is 0 Å². The first-order valence-electron chi connectivity index (χ1n) is 6.42. The summed E-state index contributed by atoms with van der Waals surface area (Å²) in [6.07, 6.45) is 0. The highest BCUT2D eigenvalue weighted by Crippen LogP contribution is 2.21. The minimum atomic E-state index is -4.62. The van der Waals surface area contributed by atoms with Crippen LogP contribution in [-0.2, 0) is 16.7 Å². The van der Waals surface area contributed by atoms with Gasteiger partial charge in [0.05, 0.1) is 17.6 Å². The van der Waals surface area contributed by atoms with Crippen LogP contribution in [0.25, 0.3) is 11.0 Å². The molecule has 5 nitrogen and oxygen atoms in total. The van der Waals surface area contributed by atoms with Crippen molar-refractivity contribution in [2.75, 3.05) is 0 Å². The SMILES string of the molecule is Cc1ccc(Cn2c(S(=O)(=O)[O-])nc3ccccc32)cc1. The van der Waals surface area contributed by atoms with Gasteiger partial charge in [-0.3, -0.25) is 0 Å². The first-order chi connectivity index (χ1) is 9.95. The molecule has 3 aromatic rings. The van der Waals surface area contributed by atoms with Crippen molar-refractivity contribution in [1.29, 1.82) is 0 Å². The fourth-order valence-electron chi connectivity index (χ4n) is 2.27. The van der Waals surface area contributed by atoms with Gasteiger partial charge in [-0.15, -0.1) is 0 Å². The van der Waals surface area contributed by atoms with Gasteiger partial charge >= 0.3 is 0 Å². The van der Waals surface area contributed by atoms with Crippen LogP contribution in [0.1, 0.15) is 11.1 Å².